The minimum absolute atomic E-state index is 0.0843. The smallest absolute Gasteiger partial charge is 0.410 e. The number of nitrogens with one attached hydrogen (secondary N) is 1. The molecule has 7 heteroatoms. The number of rotatable bonds is 3. The fourth-order valence-electron chi connectivity index (χ4n) is 4.11. The molecule has 1 aliphatic heterocycles. The van der Waals surface area contributed by atoms with Gasteiger partial charge in [0, 0.05) is 47.8 Å². The summed E-state index contributed by atoms with van der Waals surface area (Å²) in [5.74, 6) is -0.0843. The second-order valence-electron chi connectivity index (χ2n) is 7.58. The molecule has 3 aromatic rings. The zero-order valence-electron chi connectivity index (χ0n) is 17.2. The number of ether oxygens (including phenoxy) is 1. The molecule has 0 fully saturated rings. The maximum Gasteiger partial charge on any atom is 0.410 e. The van der Waals surface area contributed by atoms with Crippen LogP contribution in [0.1, 0.15) is 40.1 Å². The van der Waals surface area contributed by atoms with Crippen LogP contribution in [-0.2, 0) is 11.2 Å². The van der Waals surface area contributed by atoms with Crippen molar-refractivity contribution in [2.24, 2.45) is 0 Å². The number of nitrogens with zero attached hydrogens (tertiary/aromatic N) is 2. The van der Waals surface area contributed by atoms with Gasteiger partial charge in [0.05, 0.1) is 6.61 Å². The van der Waals surface area contributed by atoms with E-state index in [0.717, 1.165) is 27.7 Å². The highest BCUT2D eigenvalue weighted by Gasteiger charge is 2.35. The molecule has 2 aromatic carbocycles. The molecule has 156 valence electrons. The Morgan fingerprint density at radius 3 is 2.77 bits per heavy atom. The second-order valence-corrected chi connectivity index (χ2v) is 8.01. The van der Waals surface area contributed by atoms with Gasteiger partial charge < -0.3 is 14.6 Å². The van der Waals surface area contributed by atoms with Crippen molar-refractivity contribution in [3.8, 4) is 0 Å². The molecule has 0 radical (unpaired) electrons. The van der Waals surface area contributed by atoms with E-state index in [-0.39, 0.29) is 18.0 Å². The molecule has 1 N–H and O–H groups in total. The van der Waals surface area contributed by atoms with Crippen LogP contribution in [-0.4, -0.2) is 54.0 Å². The summed E-state index contributed by atoms with van der Waals surface area (Å²) >= 11 is 6.24. The van der Waals surface area contributed by atoms with Gasteiger partial charge in [0.25, 0.3) is 5.91 Å². The molecule has 0 saturated carbocycles. The van der Waals surface area contributed by atoms with E-state index in [1.165, 1.54) is 0 Å². The number of H-pyrrole nitrogens is 1. The zero-order valence-corrected chi connectivity index (χ0v) is 18.0. The topological polar surface area (TPSA) is 65.6 Å². The first-order chi connectivity index (χ1) is 14.4. The Labute approximate surface area is 180 Å². The van der Waals surface area contributed by atoms with Crippen LogP contribution in [0.4, 0.5) is 4.79 Å². The van der Waals surface area contributed by atoms with E-state index in [2.05, 4.69) is 4.98 Å². The number of carbonyl (C=O) groups excluding carboxylic acids is 2. The molecule has 30 heavy (non-hydrogen) atoms. The summed E-state index contributed by atoms with van der Waals surface area (Å²) in [6.45, 7) is 2.61. The Balaban J connectivity index is 1.87. The molecule has 0 aliphatic carbocycles. The Morgan fingerprint density at radius 2 is 2.03 bits per heavy atom. The highest BCUT2D eigenvalue weighted by molar-refractivity contribution is 6.31. The van der Waals surface area contributed by atoms with Gasteiger partial charge in [-0.3, -0.25) is 9.69 Å². The Bertz CT molecular complexity index is 1120. The normalized spacial score (nSPS) is 15.7. The predicted molar refractivity (Wildman–Crippen MR) is 117 cm³/mol. The van der Waals surface area contributed by atoms with Crippen molar-refractivity contribution in [3.63, 3.8) is 0 Å². The fourth-order valence-corrected chi connectivity index (χ4v) is 4.28. The standard InChI is InChI=1S/C23H24ClN3O3/c1-4-30-23(29)27-11-10-17-18-13-16(24)8-9-19(18)25-20(17)21(27)14-6-5-7-15(12-14)22(28)26(2)3/h5-9,12-13,21,25H,4,10-11H2,1-3H3. The van der Waals surface area contributed by atoms with Crippen LogP contribution in [0.3, 0.4) is 0 Å². The third-order valence-corrected chi connectivity index (χ3v) is 5.68. The number of fused-ring (bicyclic) bond motifs is 3. The van der Waals surface area contributed by atoms with Crippen molar-refractivity contribution >= 4 is 34.5 Å². The predicted octanol–water partition coefficient (Wildman–Crippen LogP) is 4.63. The number of carbonyl (C=O) groups is 2. The molecule has 2 heterocycles. The lowest BCUT2D eigenvalue weighted by atomic mass is 9.92. The molecular weight excluding hydrogens is 402 g/mol. The SMILES string of the molecule is CCOC(=O)N1CCc2c([nH]c3ccc(Cl)cc23)C1c1cccc(C(=O)N(C)C)c1. The van der Waals surface area contributed by atoms with Gasteiger partial charge in [-0.15, -0.1) is 0 Å². The van der Waals surface area contributed by atoms with E-state index >= 15 is 0 Å². The van der Waals surface area contributed by atoms with Crippen molar-refractivity contribution in [3.05, 3.63) is 69.9 Å². The molecule has 0 spiro atoms. The van der Waals surface area contributed by atoms with Gasteiger partial charge >= 0.3 is 6.09 Å². The summed E-state index contributed by atoms with van der Waals surface area (Å²) in [6.07, 6.45) is 0.329. The fraction of sp³-hybridized carbons (Fsp3) is 0.304. The zero-order chi connectivity index (χ0) is 21.4. The summed E-state index contributed by atoms with van der Waals surface area (Å²) < 4.78 is 5.33. The molecule has 0 saturated heterocycles. The third-order valence-electron chi connectivity index (χ3n) is 5.45. The first-order valence-corrected chi connectivity index (χ1v) is 10.3. The molecule has 1 aromatic heterocycles. The third kappa shape index (κ3) is 3.52. The molecule has 1 atom stereocenters. The van der Waals surface area contributed by atoms with E-state index in [9.17, 15) is 9.59 Å². The molecule has 1 unspecified atom stereocenters. The quantitative estimate of drug-likeness (QED) is 0.665. The number of benzene rings is 2. The Hall–Kier alpha value is -2.99. The van der Waals surface area contributed by atoms with Crippen molar-refractivity contribution in [2.75, 3.05) is 27.2 Å². The number of hydrogen-bond donors (Lipinski definition) is 1. The van der Waals surface area contributed by atoms with Gasteiger partial charge in [0.1, 0.15) is 6.04 Å². The van der Waals surface area contributed by atoms with E-state index in [0.29, 0.717) is 30.2 Å². The molecule has 6 nitrogen and oxygen atoms in total. The average Bonchev–Trinajstić information content (AvgIpc) is 3.10. The van der Waals surface area contributed by atoms with Crippen LogP contribution in [0, 0.1) is 0 Å². The van der Waals surface area contributed by atoms with Crippen LogP contribution in [0.2, 0.25) is 5.02 Å². The highest BCUT2D eigenvalue weighted by Crippen LogP contribution is 2.39. The first kappa shape index (κ1) is 20.3. The van der Waals surface area contributed by atoms with E-state index in [4.69, 9.17) is 16.3 Å². The lowest BCUT2D eigenvalue weighted by Gasteiger charge is -2.35. The van der Waals surface area contributed by atoms with Gasteiger partial charge in [-0.05, 0) is 54.8 Å². The van der Waals surface area contributed by atoms with Crippen LogP contribution < -0.4 is 0 Å². The maximum atomic E-state index is 12.8. The number of halogens is 1. The van der Waals surface area contributed by atoms with Crippen LogP contribution >= 0.6 is 11.6 Å². The van der Waals surface area contributed by atoms with E-state index in [1.54, 1.807) is 36.9 Å². The van der Waals surface area contributed by atoms with Crippen molar-refractivity contribution in [2.45, 2.75) is 19.4 Å². The number of hydrogen-bond acceptors (Lipinski definition) is 3. The van der Waals surface area contributed by atoms with Crippen molar-refractivity contribution in [1.29, 1.82) is 0 Å². The van der Waals surface area contributed by atoms with Gasteiger partial charge in [-0.25, -0.2) is 4.79 Å². The molecular formula is C23H24ClN3O3. The van der Waals surface area contributed by atoms with Crippen LogP contribution in [0.5, 0.6) is 0 Å². The monoisotopic (exact) mass is 425 g/mol. The van der Waals surface area contributed by atoms with Crippen LogP contribution in [0.15, 0.2) is 42.5 Å². The summed E-state index contributed by atoms with van der Waals surface area (Å²) in [5.41, 5.74) is 4.48. The summed E-state index contributed by atoms with van der Waals surface area (Å²) in [5, 5.41) is 1.73. The summed E-state index contributed by atoms with van der Waals surface area (Å²) in [6, 6.07) is 12.8. The minimum Gasteiger partial charge on any atom is -0.450 e. The van der Waals surface area contributed by atoms with Crippen molar-refractivity contribution < 1.29 is 14.3 Å². The van der Waals surface area contributed by atoms with Gasteiger partial charge in [0.15, 0.2) is 0 Å². The molecule has 2 amide bonds. The highest BCUT2D eigenvalue weighted by atomic mass is 35.5. The van der Waals surface area contributed by atoms with Crippen LogP contribution in [0.25, 0.3) is 10.9 Å². The summed E-state index contributed by atoms with van der Waals surface area (Å²) in [4.78, 5) is 32.1. The largest absolute Gasteiger partial charge is 0.450 e. The Morgan fingerprint density at radius 1 is 1.23 bits per heavy atom. The minimum atomic E-state index is -0.381. The maximum absolute atomic E-state index is 12.8. The van der Waals surface area contributed by atoms with Crippen molar-refractivity contribution in [1.82, 2.24) is 14.8 Å². The average molecular weight is 426 g/mol. The van der Waals surface area contributed by atoms with Gasteiger partial charge in [-0.1, -0.05) is 23.7 Å². The number of aromatic amines is 1. The second kappa shape index (κ2) is 8.03. The number of amides is 2. The van der Waals surface area contributed by atoms with E-state index in [1.807, 2.05) is 36.4 Å². The van der Waals surface area contributed by atoms with E-state index < -0.39 is 0 Å². The number of aromatic nitrogens is 1. The molecule has 4 rings (SSSR count). The van der Waals surface area contributed by atoms with Gasteiger partial charge in [-0.2, -0.15) is 0 Å². The lowest BCUT2D eigenvalue weighted by Crippen LogP contribution is -2.41. The summed E-state index contributed by atoms with van der Waals surface area (Å²) in [7, 11) is 3.44. The molecule has 1 aliphatic rings. The van der Waals surface area contributed by atoms with Gasteiger partial charge in [0.2, 0.25) is 0 Å². The first-order valence-electron chi connectivity index (χ1n) is 9.95. The molecule has 0 bridgehead atoms. The lowest BCUT2D eigenvalue weighted by molar-refractivity contribution is 0.0827. The Kier molecular flexibility index (Phi) is 5.43.